The maximum Gasteiger partial charge on any atom is 0.326 e. The third kappa shape index (κ3) is 2.91. The summed E-state index contributed by atoms with van der Waals surface area (Å²) in [6, 6.07) is 8.33. The van der Waals surface area contributed by atoms with Crippen molar-refractivity contribution in [1.82, 2.24) is 14.5 Å². The molecule has 1 aromatic carbocycles. The van der Waals surface area contributed by atoms with Crippen LogP contribution in [-0.2, 0) is 4.74 Å². The van der Waals surface area contributed by atoms with E-state index in [2.05, 4.69) is 9.88 Å². The van der Waals surface area contributed by atoms with E-state index in [4.69, 9.17) is 4.74 Å². The highest BCUT2D eigenvalue weighted by atomic mass is 16.5. The summed E-state index contributed by atoms with van der Waals surface area (Å²) < 4.78 is 8.47. The topological polar surface area (TPSA) is 50.3 Å². The Morgan fingerprint density at radius 1 is 1.08 bits per heavy atom. The summed E-state index contributed by atoms with van der Waals surface area (Å²) in [5.74, 6) is 0. The minimum absolute atomic E-state index is 0.0342. The summed E-state index contributed by atoms with van der Waals surface area (Å²) in [6.07, 6.45) is 10.2. The highest BCUT2D eigenvalue weighted by molar-refractivity contribution is 5.75. The Morgan fingerprint density at radius 2 is 1.85 bits per heavy atom. The first-order valence-corrected chi connectivity index (χ1v) is 10.3. The van der Waals surface area contributed by atoms with Crippen LogP contribution < -0.4 is 5.69 Å². The average molecular weight is 355 g/mol. The number of aromatic nitrogens is 2. The maximum atomic E-state index is 12.4. The highest BCUT2D eigenvalue weighted by Crippen LogP contribution is 2.43. The number of likely N-dealkylation sites (tertiary alicyclic amines) is 1. The number of benzene rings is 1. The van der Waals surface area contributed by atoms with Crippen LogP contribution in [0.2, 0.25) is 0 Å². The molecule has 1 atom stereocenters. The van der Waals surface area contributed by atoms with Crippen molar-refractivity contribution < 1.29 is 4.74 Å². The molecule has 1 saturated carbocycles. The number of nitrogens with one attached hydrogen (secondary N) is 1. The van der Waals surface area contributed by atoms with Gasteiger partial charge in [-0.25, -0.2) is 4.79 Å². The van der Waals surface area contributed by atoms with Crippen molar-refractivity contribution in [2.24, 2.45) is 0 Å². The van der Waals surface area contributed by atoms with Crippen LogP contribution in [0, 0.1) is 0 Å². The van der Waals surface area contributed by atoms with Gasteiger partial charge in [-0.2, -0.15) is 0 Å². The lowest BCUT2D eigenvalue weighted by Gasteiger charge is -2.34. The Bertz CT molecular complexity index is 825. The number of piperidine rings is 1. The van der Waals surface area contributed by atoms with Crippen molar-refractivity contribution in [3.05, 3.63) is 34.7 Å². The number of fused-ring (bicyclic) bond motifs is 1. The Hall–Kier alpha value is -1.59. The lowest BCUT2D eigenvalue weighted by atomic mass is 9.98. The van der Waals surface area contributed by atoms with Gasteiger partial charge in [0.1, 0.15) is 0 Å². The van der Waals surface area contributed by atoms with Crippen LogP contribution in [0.3, 0.4) is 0 Å². The van der Waals surface area contributed by atoms with E-state index < -0.39 is 0 Å². The fourth-order valence-corrected chi connectivity index (χ4v) is 5.50. The van der Waals surface area contributed by atoms with E-state index in [0.717, 1.165) is 43.5 Å². The molecule has 5 nitrogen and oxygen atoms in total. The predicted molar refractivity (Wildman–Crippen MR) is 103 cm³/mol. The molecule has 3 fully saturated rings. The van der Waals surface area contributed by atoms with Crippen LogP contribution in [0.1, 0.15) is 57.4 Å². The van der Waals surface area contributed by atoms with Gasteiger partial charge in [-0.05, 0) is 50.7 Å². The van der Waals surface area contributed by atoms with Gasteiger partial charge in [0.15, 0.2) is 0 Å². The zero-order valence-corrected chi connectivity index (χ0v) is 15.5. The standard InChI is InChI=1S/C21H29N3O2/c25-20-22-18-5-1-2-6-19(18)24(20)16-8-13-23(14-9-16)15-17-7-12-21(26-17)10-3-4-11-21/h1-2,5-6,16-17H,3-4,7-15H2,(H,22,25). The van der Waals surface area contributed by atoms with Crippen LogP contribution in [0.15, 0.2) is 29.1 Å². The summed E-state index contributed by atoms with van der Waals surface area (Å²) in [6.45, 7) is 3.18. The second kappa shape index (κ2) is 6.54. The highest BCUT2D eigenvalue weighted by Gasteiger charge is 2.42. The van der Waals surface area contributed by atoms with Crippen LogP contribution in [0.25, 0.3) is 11.0 Å². The van der Waals surface area contributed by atoms with Gasteiger partial charge in [-0.15, -0.1) is 0 Å². The Morgan fingerprint density at radius 3 is 2.65 bits per heavy atom. The third-order valence-electron chi connectivity index (χ3n) is 6.86. The third-order valence-corrected chi connectivity index (χ3v) is 6.86. The van der Waals surface area contributed by atoms with Crippen LogP contribution in [-0.4, -0.2) is 45.8 Å². The molecule has 1 unspecified atom stereocenters. The quantitative estimate of drug-likeness (QED) is 0.917. The summed E-state index contributed by atoms with van der Waals surface area (Å²) in [4.78, 5) is 18.0. The molecule has 0 bridgehead atoms. The Balaban J connectivity index is 1.21. The lowest BCUT2D eigenvalue weighted by molar-refractivity contribution is -0.0496. The summed E-state index contributed by atoms with van der Waals surface area (Å²) >= 11 is 0. The average Bonchev–Trinajstić information content (AvgIpc) is 3.35. The normalized spacial score (nSPS) is 27.0. The second-order valence-electron chi connectivity index (χ2n) is 8.52. The summed E-state index contributed by atoms with van der Waals surface area (Å²) in [5, 5.41) is 0. The van der Waals surface area contributed by atoms with Crippen molar-refractivity contribution in [1.29, 1.82) is 0 Å². The van der Waals surface area contributed by atoms with Crippen LogP contribution in [0.5, 0.6) is 0 Å². The fourth-order valence-electron chi connectivity index (χ4n) is 5.50. The molecule has 26 heavy (non-hydrogen) atoms. The molecule has 0 amide bonds. The molecule has 3 heterocycles. The smallest absolute Gasteiger partial charge is 0.326 e. The van der Waals surface area contributed by atoms with E-state index >= 15 is 0 Å². The van der Waals surface area contributed by atoms with E-state index in [1.165, 1.54) is 38.5 Å². The van der Waals surface area contributed by atoms with E-state index in [-0.39, 0.29) is 11.3 Å². The van der Waals surface area contributed by atoms with Gasteiger partial charge in [0.25, 0.3) is 0 Å². The molecule has 1 aromatic heterocycles. The van der Waals surface area contributed by atoms with Crippen LogP contribution in [0.4, 0.5) is 0 Å². The van der Waals surface area contributed by atoms with Gasteiger partial charge in [0.05, 0.1) is 22.7 Å². The SMILES string of the molecule is O=c1[nH]c2ccccc2n1C1CCN(CC2CCC3(CCCC3)O2)CC1. The summed E-state index contributed by atoms with van der Waals surface area (Å²) in [5.41, 5.74) is 2.26. The second-order valence-corrected chi connectivity index (χ2v) is 8.52. The number of imidazole rings is 1. The predicted octanol–water partition coefficient (Wildman–Crippen LogP) is 3.46. The first-order chi connectivity index (χ1) is 12.7. The molecule has 1 N–H and O–H groups in total. The zero-order chi connectivity index (χ0) is 17.6. The molecular formula is C21H29N3O2. The van der Waals surface area contributed by atoms with Gasteiger partial charge in [-0.3, -0.25) is 4.57 Å². The van der Waals surface area contributed by atoms with Gasteiger partial charge < -0.3 is 14.6 Å². The molecular weight excluding hydrogens is 326 g/mol. The van der Waals surface area contributed by atoms with Gasteiger partial charge >= 0.3 is 5.69 Å². The van der Waals surface area contributed by atoms with Crippen molar-refractivity contribution in [2.45, 2.75) is 69.1 Å². The molecule has 2 saturated heterocycles. The van der Waals surface area contributed by atoms with Gasteiger partial charge in [0, 0.05) is 25.7 Å². The monoisotopic (exact) mass is 355 g/mol. The van der Waals surface area contributed by atoms with Crippen molar-refractivity contribution in [3.8, 4) is 0 Å². The number of hydrogen-bond donors (Lipinski definition) is 1. The van der Waals surface area contributed by atoms with Crippen molar-refractivity contribution in [2.75, 3.05) is 19.6 Å². The molecule has 0 radical (unpaired) electrons. The first kappa shape index (κ1) is 16.6. The lowest BCUT2D eigenvalue weighted by Crippen LogP contribution is -2.41. The van der Waals surface area contributed by atoms with Crippen molar-refractivity contribution in [3.63, 3.8) is 0 Å². The molecule has 140 valence electrons. The molecule has 2 aromatic rings. The zero-order valence-electron chi connectivity index (χ0n) is 15.5. The number of rotatable bonds is 3. The number of aromatic amines is 1. The molecule has 1 spiro atoms. The van der Waals surface area contributed by atoms with E-state index in [0.29, 0.717) is 12.1 Å². The molecule has 1 aliphatic carbocycles. The van der Waals surface area contributed by atoms with E-state index in [1.807, 2.05) is 28.8 Å². The molecule has 5 heteroatoms. The van der Waals surface area contributed by atoms with E-state index in [9.17, 15) is 4.79 Å². The minimum Gasteiger partial charge on any atom is -0.370 e. The van der Waals surface area contributed by atoms with Crippen molar-refractivity contribution >= 4 is 11.0 Å². The van der Waals surface area contributed by atoms with Crippen LogP contribution >= 0.6 is 0 Å². The van der Waals surface area contributed by atoms with E-state index in [1.54, 1.807) is 0 Å². The number of ether oxygens (including phenoxy) is 1. The minimum atomic E-state index is 0.0342. The maximum absolute atomic E-state index is 12.4. The summed E-state index contributed by atoms with van der Waals surface area (Å²) in [7, 11) is 0. The number of para-hydroxylation sites is 2. The molecule has 3 aliphatic rings. The number of nitrogens with zero attached hydrogens (tertiary/aromatic N) is 2. The Kier molecular flexibility index (Phi) is 4.17. The molecule has 2 aliphatic heterocycles. The Labute approximate surface area is 154 Å². The molecule has 5 rings (SSSR count). The fraction of sp³-hybridized carbons (Fsp3) is 0.667. The largest absolute Gasteiger partial charge is 0.370 e. The first-order valence-electron chi connectivity index (χ1n) is 10.3. The number of hydrogen-bond acceptors (Lipinski definition) is 3. The number of H-pyrrole nitrogens is 1. The van der Waals surface area contributed by atoms with Gasteiger partial charge in [0.2, 0.25) is 0 Å². The van der Waals surface area contributed by atoms with Gasteiger partial charge in [-0.1, -0.05) is 25.0 Å².